The van der Waals surface area contributed by atoms with Crippen molar-refractivity contribution < 1.29 is 38.7 Å². The molecule has 0 spiro atoms. The van der Waals surface area contributed by atoms with Crippen LogP contribution in [0.5, 0.6) is 23.0 Å². The number of aromatic amines is 2. The van der Waals surface area contributed by atoms with Gasteiger partial charge in [-0.2, -0.15) is 0 Å². The number of carbonyl (C=O) groups is 2. The van der Waals surface area contributed by atoms with E-state index >= 15 is 0 Å². The minimum absolute atomic E-state index is 0. The fraction of sp³-hybridized carbons (Fsp3) is 0.255. The van der Waals surface area contributed by atoms with Crippen LogP contribution < -0.4 is 20.5 Å². The molecule has 4 aromatic heterocycles. The minimum Gasteiger partial charge on any atom is -0.457 e. The molecule has 0 bridgehead atoms. The Labute approximate surface area is 418 Å². The molecule has 2 aliphatic rings. The van der Waals surface area contributed by atoms with Gasteiger partial charge < -0.3 is 50.2 Å². The number of nitrogens with zero attached hydrogens (tertiary/aromatic N) is 4. The highest BCUT2D eigenvalue weighted by Gasteiger charge is 2.26. The average molecular weight is 1010 g/mol. The average Bonchev–Trinajstić information content (AvgIpc) is 4.02. The molecule has 0 unspecified atom stereocenters. The van der Waals surface area contributed by atoms with Gasteiger partial charge in [0.05, 0.1) is 76.6 Å². The zero-order valence-electron chi connectivity index (χ0n) is 36.9. The van der Waals surface area contributed by atoms with Crippen LogP contribution in [0.2, 0.25) is 15.2 Å². The third-order valence-electron chi connectivity index (χ3n) is 11.2. The van der Waals surface area contributed by atoms with Crippen molar-refractivity contribution in [2.75, 3.05) is 31.7 Å². The number of aliphatic hydroxyl groups is 2. The molecule has 19 heteroatoms. The predicted molar refractivity (Wildman–Crippen MR) is 270 cm³/mol. The predicted octanol–water partition coefficient (Wildman–Crippen LogP) is 10.00. The number of halogens is 3. The number of carbonyl (C=O) groups excluding carboxylic acids is 2. The Hall–Kier alpha value is -6.47. The number of para-hydroxylation sites is 2. The van der Waals surface area contributed by atoms with Crippen LogP contribution in [0.3, 0.4) is 0 Å². The van der Waals surface area contributed by atoms with Gasteiger partial charge in [-0.05, 0) is 74.2 Å². The van der Waals surface area contributed by atoms with Crippen LogP contribution in [0, 0.1) is 0 Å². The van der Waals surface area contributed by atoms with Crippen molar-refractivity contribution in [2.24, 2.45) is 5.73 Å². The number of aromatic nitrogens is 6. The third-order valence-corrected chi connectivity index (χ3v) is 12.1. The van der Waals surface area contributed by atoms with Crippen LogP contribution in [0.1, 0.15) is 65.0 Å². The number of ketones is 2. The highest BCUT2D eigenvalue weighted by Crippen LogP contribution is 2.34. The van der Waals surface area contributed by atoms with Gasteiger partial charge in [0.15, 0.2) is 11.6 Å². The first-order valence-corrected chi connectivity index (χ1v) is 23.1. The van der Waals surface area contributed by atoms with E-state index in [-0.39, 0.29) is 71.7 Å². The standard InChI is InChI=1S/C25H23ClN4O4.C19H11Cl2N3O2.C6H13NO2.CH4/c26-21-10-17(34-16-4-2-1-3-5-16)8-9-19(21)23(32)20-11-27-24-22(20)25(29-14-28-24)30-15-6-7-18(12-31)33-13-15;20-15-8-12(26-11-4-2-1-3-5-11)6-7-13(15)17(25)14-9-22-19-16(14)18(21)23-10-24-19;7-5-1-2-6(3-8)9-4-5;/h1-5,8-11,14-15,18,31H,6-7,12-13H2,(H2,27,28,29,30);1-10H,(H,22,23,24);5-6,8H,1-4,7H2;1H4/t15-,18+;;5-,6+;/m1.1./s1. The number of aliphatic hydroxyl groups excluding tert-OH is 2. The van der Waals surface area contributed by atoms with E-state index < -0.39 is 0 Å². The molecule has 7 N–H and O–H groups in total. The van der Waals surface area contributed by atoms with Gasteiger partial charge in [-0.1, -0.05) is 78.6 Å². The number of nitrogens with one attached hydrogen (secondary N) is 3. The molecule has 16 nitrogen and oxygen atoms in total. The molecule has 364 valence electrons. The smallest absolute Gasteiger partial charge is 0.196 e. The normalized spacial score (nSPS) is 17.5. The van der Waals surface area contributed by atoms with E-state index in [9.17, 15) is 14.7 Å². The maximum atomic E-state index is 13.5. The lowest BCUT2D eigenvalue weighted by molar-refractivity contribution is -0.0254. The first-order valence-electron chi connectivity index (χ1n) is 22.0. The monoisotopic (exact) mass is 1010 g/mol. The molecule has 70 heavy (non-hydrogen) atoms. The quantitative estimate of drug-likeness (QED) is 0.0494. The number of H-pyrrole nitrogens is 2. The van der Waals surface area contributed by atoms with E-state index in [0.717, 1.165) is 25.7 Å². The number of fused-ring (bicyclic) bond motifs is 2. The number of ether oxygens (including phenoxy) is 4. The van der Waals surface area contributed by atoms with Crippen LogP contribution in [0.4, 0.5) is 5.82 Å². The van der Waals surface area contributed by atoms with Gasteiger partial charge in [-0.15, -0.1) is 0 Å². The summed E-state index contributed by atoms with van der Waals surface area (Å²) in [5.41, 5.74) is 8.06. The number of hydrogen-bond acceptors (Lipinski definition) is 14. The molecule has 6 heterocycles. The van der Waals surface area contributed by atoms with Crippen LogP contribution in [-0.2, 0) is 9.47 Å². The summed E-state index contributed by atoms with van der Waals surface area (Å²) in [5.74, 6) is 2.46. The molecule has 4 atom stereocenters. The maximum absolute atomic E-state index is 13.5. The molecule has 4 aromatic carbocycles. The van der Waals surface area contributed by atoms with Gasteiger partial charge in [0.2, 0.25) is 0 Å². The Bertz CT molecular complexity index is 3000. The topological polar surface area (TPSA) is 233 Å². The summed E-state index contributed by atoms with van der Waals surface area (Å²) in [6.07, 6.45) is 9.30. The van der Waals surface area contributed by atoms with Gasteiger partial charge in [0, 0.05) is 41.7 Å². The summed E-state index contributed by atoms with van der Waals surface area (Å²) in [7, 11) is 0. The number of benzene rings is 4. The van der Waals surface area contributed by atoms with Gasteiger partial charge in [0.25, 0.3) is 0 Å². The van der Waals surface area contributed by atoms with Crippen LogP contribution >= 0.6 is 34.8 Å². The van der Waals surface area contributed by atoms with Crippen molar-refractivity contribution in [3.05, 3.63) is 160 Å². The molecule has 2 saturated heterocycles. The first-order chi connectivity index (χ1) is 33.6. The Balaban J connectivity index is 0.000000177. The van der Waals surface area contributed by atoms with Crippen LogP contribution in [-0.4, -0.2) is 102 Å². The van der Waals surface area contributed by atoms with Crippen molar-refractivity contribution in [3.63, 3.8) is 0 Å². The SMILES string of the molecule is C.N[C@@H]1CC[C@@H](CO)OC1.O=C(c1ccc(Oc2ccccc2)cc1Cl)c1c[nH]c2ncnc(Cl)c12.O=C(c1ccc(Oc2ccccc2)cc1Cl)c1c[nH]c2ncnc(N[C@@H]3CC[C@@H](CO)OC3)c12. The molecular weight excluding hydrogens is 959 g/mol. The van der Waals surface area contributed by atoms with E-state index in [1.165, 1.54) is 12.7 Å². The number of rotatable bonds is 12. The van der Waals surface area contributed by atoms with Crippen LogP contribution in [0.15, 0.2) is 122 Å². The zero-order chi connectivity index (χ0) is 48.3. The summed E-state index contributed by atoms with van der Waals surface area (Å²) in [6, 6.07) is 28.8. The third kappa shape index (κ3) is 12.6. The van der Waals surface area contributed by atoms with E-state index in [4.69, 9.17) is 64.6 Å². The van der Waals surface area contributed by atoms with Gasteiger partial charge >= 0.3 is 0 Å². The van der Waals surface area contributed by atoms with Crippen molar-refractivity contribution in [3.8, 4) is 23.0 Å². The second kappa shape index (κ2) is 24.4. The van der Waals surface area contributed by atoms with E-state index in [0.29, 0.717) is 86.4 Å². The molecule has 2 fully saturated rings. The lowest BCUT2D eigenvalue weighted by Gasteiger charge is -2.29. The second-order valence-corrected chi connectivity index (χ2v) is 17.2. The minimum atomic E-state index is -0.274. The maximum Gasteiger partial charge on any atom is 0.196 e. The Kier molecular flexibility index (Phi) is 17.9. The molecule has 10 rings (SSSR count). The molecule has 8 aromatic rings. The number of nitrogens with two attached hydrogens (primary N) is 1. The summed E-state index contributed by atoms with van der Waals surface area (Å²) in [4.78, 5) is 49.0. The molecule has 0 saturated carbocycles. The Morgan fingerprint density at radius 2 is 1.13 bits per heavy atom. The highest BCUT2D eigenvalue weighted by atomic mass is 35.5. The van der Waals surface area contributed by atoms with Crippen molar-refractivity contribution >= 4 is 74.3 Å². The Morgan fingerprint density at radius 3 is 1.61 bits per heavy atom. The van der Waals surface area contributed by atoms with Crippen LogP contribution in [0.25, 0.3) is 22.1 Å². The van der Waals surface area contributed by atoms with E-state index in [1.54, 1.807) is 48.8 Å². The molecular formula is C51H51Cl3N8O8. The lowest BCUT2D eigenvalue weighted by atomic mass is 10.0. The molecule has 0 aliphatic carbocycles. The summed E-state index contributed by atoms with van der Waals surface area (Å²) < 4.78 is 22.4. The summed E-state index contributed by atoms with van der Waals surface area (Å²) in [5, 5.41) is 23.1. The Morgan fingerprint density at radius 1 is 0.629 bits per heavy atom. The largest absolute Gasteiger partial charge is 0.457 e. The fourth-order valence-corrected chi connectivity index (χ4v) is 8.36. The summed E-state index contributed by atoms with van der Waals surface area (Å²) >= 11 is 18.9. The van der Waals surface area contributed by atoms with Gasteiger partial charge in [0.1, 0.15) is 57.9 Å². The van der Waals surface area contributed by atoms with E-state index in [1.807, 2.05) is 60.7 Å². The molecule has 0 amide bonds. The number of anilines is 1. The van der Waals surface area contributed by atoms with Crippen molar-refractivity contribution in [1.82, 2.24) is 29.9 Å². The molecule has 0 radical (unpaired) electrons. The summed E-state index contributed by atoms with van der Waals surface area (Å²) in [6.45, 7) is 1.19. The van der Waals surface area contributed by atoms with Gasteiger partial charge in [-0.3, -0.25) is 9.59 Å². The van der Waals surface area contributed by atoms with E-state index in [2.05, 4.69) is 35.2 Å². The lowest BCUT2D eigenvalue weighted by Crippen LogP contribution is -2.36. The van der Waals surface area contributed by atoms with Gasteiger partial charge in [-0.25, -0.2) is 19.9 Å². The van der Waals surface area contributed by atoms with Crippen molar-refractivity contribution in [1.29, 1.82) is 0 Å². The fourth-order valence-electron chi connectivity index (χ4n) is 7.61. The zero-order valence-corrected chi connectivity index (χ0v) is 39.1. The number of hydrogen-bond donors (Lipinski definition) is 6. The van der Waals surface area contributed by atoms with Crippen molar-refractivity contribution in [2.45, 2.75) is 57.4 Å². The highest BCUT2D eigenvalue weighted by molar-refractivity contribution is 6.38. The first kappa shape index (κ1) is 51.4. The molecule has 2 aliphatic heterocycles. The second-order valence-electron chi connectivity index (χ2n) is 16.0.